The standard InChI is InChI=1S/C16H16N2O3S/c1-10(19)18-14(8-13(17-18)12-5-6-22-9-12)11-3-4-16(21-2)15(20)7-11/h3-7,9,14,20H,8H2,1-2H3/t14-/m0/s1. The maximum absolute atomic E-state index is 11.9. The van der Waals surface area contributed by atoms with Crippen LogP contribution in [0.5, 0.6) is 11.5 Å². The average Bonchev–Trinajstić information content (AvgIpc) is 3.16. The Morgan fingerprint density at radius 3 is 2.86 bits per heavy atom. The Morgan fingerprint density at radius 2 is 2.27 bits per heavy atom. The zero-order valence-corrected chi connectivity index (χ0v) is 13.1. The molecular formula is C16H16N2O3S. The number of methoxy groups -OCH3 is 1. The van der Waals surface area contributed by atoms with Crippen LogP contribution in [0, 0.1) is 0 Å². The highest BCUT2D eigenvalue weighted by atomic mass is 32.1. The van der Waals surface area contributed by atoms with Crippen molar-refractivity contribution in [2.45, 2.75) is 19.4 Å². The van der Waals surface area contributed by atoms with Gasteiger partial charge in [-0.2, -0.15) is 16.4 Å². The van der Waals surface area contributed by atoms with E-state index in [4.69, 9.17) is 4.74 Å². The first-order chi connectivity index (χ1) is 10.6. The summed E-state index contributed by atoms with van der Waals surface area (Å²) in [6.07, 6.45) is 0.627. The second-order valence-electron chi connectivity index (χ2n) is 5.07. The van der Waals surface area contributed by atoms with E-state index in [1.165, 1.54) is 19.0 Å². The molecule has 1 aromatic carbocycles. The third-order valence-corrected chi connectivity index (χ3v) is 4.36. The molecule has 2 heterocycles. The number of carbonyl (C=O) groups is 1. The van der Waals surface area contributed by atoms with Gasteiger partial charge in [-0.1, -0.05) is 6.07 Å². The number of nitrogens with zero attached hydrogens (tertiary/aromatic N) is 2. The maximum Gasteiger partial charge on any atom is 0.240 e. The van der Waals surface area contributed by atoms with E-state index in [1.54, 1.807) is 23.5 Å². The number of amides is 1. The number of hydrogen-bond donors (Lipinski definition) is 1. The van der Waals surface area contributed by atoms with Crippen molar-refractivity contribution >= 4 is 23.0 Å². The Kier molecular flexibility index (Phi) is 3.85. The van der Waals surface area contributed by atoms with Crippen LogP contribution in [-0.4, -0.2) is 28.8 Å². The highest BCUT2D eigenvalue weighted by molar-refractivity contribution is 7.08. The van der Waals surface area contributed by atoms with Gasteiger partial charge in [0, 0.05) is 18.9 Å². The van der Waals surface area contributed by atoms with Crippen molar-refractivity contribution in [1.82, 2.24) is 5.01 Å². The lowest BCUT2D eigenvalue weighted by Crippen LogP contribution is -2.24. The lowest BCUT2D eigenvalue weighted by atomic mass is 9.99. The lowest BCUT2D eigenvalue weighted by molar-refractivity contribution is -0.130. The van der Waals surface area contributed by atoms with Gasteiger partial charge in [-0.05, 0) is 34.5 Å². The van der Waals surface area contributed by atoms with Crippen LogP contribution in [0.15, 0.2) is 40.1 Å². The van der Waals surface area contributed by atoms with E-state index < -0.39 is 0 Å². The summed E-state index contributed by atoms with van der Waals surface area (Å²) in [6.45, 7) is 1.50. The number of phenols is 1. The minimum atomic E-state index is -0.204. The largest absolute Gasteiger partial charge is 0.504 e. The zero-order chi connectivity index (χ0) is 15.7. The highest BCUT2D eigenvalue weighted by Crippen LogP contribution is 2.36. The third-order valence-electron chi connectivity index (χ3n) is 3.68. The monoisotopic (exact) mass is 316 g/mol. The molecule has 5 nitrogen and oxygen atoms in total. The number of rotatable bonds is 3. The van der Waals surface area contributed by atoms with Gasteiger partial charge >= 0.3 is 0 Å². The molecule has 0 aliphatic carbocycles. The molecule has 1 aliphatic rings. The summed E-state index contributed by atoms with van der Waals surface area (Å²) in [6, 6.07) is 6.97. The molecule has 3 rings (SSSR count). The number of benzene rings is 1. The van der Waals surface area contributed by atoms with Crippen molar-refractivity contribution in [3.8, 4) is 11.5 Å². The molecule has 1 aliphatic heterocycles. The van der Waals surface area contributed by atoms with E-state index in [0.29, 0.717) is 12.2 Å². The van der Waals surface area contributed by atoms with Crippen molar-refractivity contribution in [3.63, 3.8) is 0 Å². The molecule has 0 spiro atoms. The first-order valence-corrected chi connectivity index (χ1v) is 7.81. The van der Waals surface area contributed by atoms with E-state index in [2.05, 4.69) is 5.10 Å². The summed E-state index contributed by atoms with van der Waals surface area (Å²) in [4.78, 5) is 11.9. The molecule has 0 fully saturated rings. The van der Waals surface area contributed by atoms with Crippen LogP contribution < -0.4 is 4.74 Å². The SMILES string of the molecule is COc1ccc([C@@H]2CC(c3ccsc3)=NN2C(C)=O)cc1O. The second kappa shape index (κ2) is 5.81. The normalized spacial score (nSPS) is 17.5. The number of aromatic hydroxyl groups is 1. The van der Waals surface area contributed by atoms with Gasteiger partial charge in [-0.25, -0.2) is 5.01 Å². The minimum absolute atomic E-state index is 0.0625. The molecule has 0 unspecified atom stereocenters. The molecular weight excluding hydrogens is 300 g/mol. The van der Waals surface area contributed by atoms with Crippen molar-refractivity contribution in [1.29, 1.82) is 0 Å². The van der Waals surface area contributed by atoms with Crippen molar-refractivity contribution < 1.29 is 14.6 Å². The molecule has 6 heteroatoms. The third kappa shape index (κ3) is 2.57. The molecule has 2 aromatic rings. The predicted molar refractivity (Wildman–Crippen MR) is 85.4 cm³/mol. The molecule has 22 heavy (non-hydrogen) atoms. The lowest BCUT2D eigenvalue weighted by Gasteiger charge is -2.21. The number of ether oxygens (including phenoxy) is 1. The van der Waals surface area contributed by atoms with Crippen LogP contribution in [0.3, 0.4) is 0 Å². The van der Waals surface area contributed by atoms with Gasteiger partial charge < -0.3 is 9.84 Å². The van der Waals surface area contributed by atoms with Crippen LogP contribution in [-0.2, 0) is 4.79 Å². The Balaban J connectivity index is 1.94. The van der Waals surface area contributed by atoms with E-state index >= 15 is 0 Å². The number of hydrogen-bond acceptors (Lipinski definition) is 5. The minimum Gasteiger partial charge on any atom is -0.504 e. The summed E-state index contributed by atoms with van der Waals surface area (Å²) in [5.41, 5.74) is 2.76. The van der Waals surface area contributed by atoms with Gasteiger partial charge in [0.1, 0.15) is 0 Å². The summed E-state index contributed by atoms with van der Waals surface area (Å²) >= 11 is 1.60. The first-order valence-electron chi connectivity index (χ1n) is 6.87. The number of thiophene rings is 1. The predicted octanol–water partition coefficient (Wildman–Crippen LogP) is 3.16. The van der Waals surface area contributed by atoms with Crippen LogP contribution in [0.25, 0.3) is 0 Å². The molecule has 0 bridgehead atoms. The fourth-order valence-corrected chi connectivity index (χ4v) is 3.24. The summed E-state index contributed by atoms with van der Waals surface area (Å²) in [7, 11) is 1.50. The number of phenolic OH excluding ortho intramolecular Hbond substituents is 1. The van der Waals surface area contributed by atoms with E-state index in [9.17, 15) is 9.90 Å². The van der Waals surface area contributed by atoms with E-state index in [1.807, 2.05) is 22.9 Å². The molecule has 0 saturated heterocycles. The van der Waals surface area contributed by atoms with E-state index in [-0.39, 0.29) is 17.7 Å². The smallest absolute Gasteiger partial charge is 0.240 e. The molecule has 0 saturated carbocycles. The van der Waals surface area contributed by atoms with Crippen LogP contribution in [0.4, 0.5) is 0 Å². The Bertz CT molecular complexity index is 725. The number of hydrazone groups is 1. The molecule has 114 valence electrons. The van der Waals surface area contributed by atoms with Gasteiger partial charge in [-0.15, -0.1) is 0 Å². The summed E-state index contributed by atoms with van der Waals surface area (Å²) in [5, 5.41) is 19.9. The molecule has 0 radical (unpaired) electrons. The Labute approximate surface area is 132 Å². The fraction of sp³-hybridized carbons (Fsp3) is 0.250. The second-order valence-corrected chi connectivity index (χ2v) is 5.85. The Hall–Kier alpha value is -2.34. The van der Waals surface area contributed by atoms with Crippen molar-refractivity contribution in [3.05, 3.63) is 46.2 Å². The zero-order valence-electron chi connectivity index (χ0n) is 12.3. The van der Waals surface area contributed by atoms with E-state index in [0.717, 1.165) is 16.8 Å². The quantitative estimate of drug-likeness (QED) is 0.946. The van der Waals surface area contributed by atoms with Gasteiger partial charge in [0.05, 0.1) is 18.9 Å². The average molecular weight is 316 g/mol. The van der Waals surface area contributed by atoms with Gasteiger partial charge in [0.25, 0.3) is 0 Å². The molecule has 1 aromatic heterocycles. The summed E-state index contributed by atoms with van der Waals surface area (Å²) < 4.78 is 5.06. The first kappa shape index (κ1) is 14.6. The maximum atomic E-state index is 11.9. The molecule has 1 amide bonds. The van der Waals surface area contributed by atoms with Crippen molar-refractivity contribution in [2.24, 2.45) is 5.10 Å². The van der Waals surface area contributed by atoms with Crippen LogP contribution in [0.1, 0.15) is 30.5 Å². The fourth-order valence-electron chi connectivity index (χ4n) is 2.58. The highest BCUT2D eigenvalue weighted by Gasteiger charge is 2.31. The van der Waals surface area contributed by atoms with Gasteiger partial charge in [0.2, 0.25) is 5.91 Å². The van der Waals surface area contributed by atoms with Gasteiger partial charge in [-0.3, -0.25) is 4.79 Å². The Morgan fingerprint density at radius 1 is 1.45 bits per heavy atom. The van der Waals surface area contributed by atoms with Crippen LogP contribution in [0.2, 0.25) is 0 Å². The van der Waals surface area contributed by atoms with Crippen LogP contribution >= 0.6 is 11.3 Å². The van der Waals surface area contributed by atoms with Gasteiger partial charge in [0.15, 0.2) is 11.5 Å². The summed E-state index contributed by atoms with van der Waals surface area (Å²) in [5.74, 6) is 0.355. The molecule has 1 atom stereocenters. The topological polar surface area (TPSA) is 62.1 Å². The number of carbonyl (C=O) groups excluding carboxylic acids is 1. The molecule has 1 N–H and O–H groups in total. The van der Waals surface area contributed by atoms with Crippen molar-refractivity contribution in [2.75, 3.05) is 7.11 Å².